The molecule has 0 radical (unpaired) electrons. The number of rotatable bonds is 6. The lowest BCUT2D eigenvalue weighted by atomic mass is 10.2. The fourth-order valence-electron chi connectivity index (χ4n) is 3.50. The van der Waals surface area contributed by atoms with Gasteiger partial charge in [0.15, 0.2) is 0 Å². The first-order valence-corrected chi connectivity index (χ1v) is 8.80. The van der Waals surface area contributed by atoms with Crippen LogP contribution in [0.2, 0.25) is 0 Å². The van der Waals surface area contributed by atoms with Crippen molar-refractivity contribution in [1.29, 1.82) is 0 Å². The summed E-state index contributed by atoms with van der Waals surface area (Å²) in [7, 11) is 0. The van der Waals surface area contributed by atoms with E-state index in [1.165, 1.54) is 18.5 Å². The van der Waals surface area contributed by atoms with Gasteiger partial charge < -0.3 is 10.3 Å². The maximum atomic E-state index is 4.64. The summed E-state index contributed by atoms with van der Waals surface area (Å²) in [6.45, 7) is 4.35. The second-order valence-electron chi connectivity index (χ2n) is 6.61. The molecular formula is C20H24N4. The van der Waals surface area contributed by atoms with E-state index in [1.54, 1.807) is 0 Å². The molecular weight excluding hydrogens is 296 g/mol. The van der Waals surface area contributed by atoms with Crippen LogP contribution in [-0.2, 0) is 13.0 Å². The molecule has 3 aromatic rings. The van der Waals surface area contributed by atoms with E-state index in [0.717, 1.165) is 42.9 Å². The summed E-state index contributed by atoms with van der Waals surface area (Å²) < 4.78 is 0. The van der Waals surface area contributed by atoms with Gasteiger partial charge in [-0.2, -0.15) is 0 Å². The summed E-state index contributed by atoms with van der Waals surface area (Å²) in [5.74, 6) is 1.07. The standard InChI is InChI=1S/C20H24N4/c1-2-6-16(7-3-1)14-24-13-11-17(15-24)21-12-10-20-22-18-8-4-5-9-19(18)23-20/h1-9,17,21H,10-15H2,(H,22,23). The average molecular weight is 320 g/mol. The highest BCUT2D eigenvalue weighted by Gasteiger charge is 2.21. The molecule has 4 heteroatoms. The van der Waals surface area contributed by atoms with Gasteiger partial charge >= 0.3 is 0 Å². The van der Waals surface area contributed by atoms with Crippen LogP contribution in [0.15, 0.2) is 54.6 Å². The Morgan fingerprint density at radius 1 is 1.08 bits per heavy atom. The van der Waals surface area contributed by atoms with Gasteiger partial charge in [0.05, 0.1) is 11.0 Å². The Morgan fingerprint density at radius 2 is 1.92 bits per heavy atom. The molecule has 24 heavy (non-hydrogen) atoms. The number of fused-ring (bicyclic) bond motifs is 1. The van der Waals surface area contributed by atoms with E-state index in [9.17, 15) is 0 Å². The van der Waals surface area contributed by atoms with Crippen LogP contribution in [-0.4, -0.2) is 40.5 Å². The Morgan fingerprint density at radius 3 is 2.79 bits per heavy atom. The fourth-order valence-corrected chi connectivity index (χ4v) is 3.50. The van der Waals surface area contributed by atoms with Gasteiger partial charge in [0, 0.05) is 38.6 Å². The Hall–Kier alpha value is -2.17. The zero-order chi connectivity index (χ0) is 16.2. The van der Waals surface area contributed by atoms with Gasteiger partial charge in [0.25, 0.3) is 0 Å². The van der Waals surface area contributed by atoms with Crippen LogP contribution in [0, 0.1) is 0 Å². The number of para-hydroxylation sites is 2. The monoisotopic (exact) mass is 320 g/mol. The summed E-state index contributed by atoms with van der Waals surface area (Å²) in [6.07, 6.45) is 2.18. The Labute approximate surface area is 142 Å². The summed E-state index contributed by atoms with van der Waals surface area (Å²) in [5, 5.41) is 3.69. The number of nitrogens with zero attached hydrogens (tertiary/aromatic N) is 2. The van der Waals surface area contributed by atoms with Crippen molar-refractivity contribution in [1.82, 2.24) is 20.2 Å². The highest BCUT2D eigenvalue weighted by atomic mass is 15.2. The van der Waals surface area contributed by atoms with Gasteiger partial charge in [0.2, 0.25) is 0 Å². The second-order valence-corrected chi connectivity index (χ2v) is 6.61. The first-order chi connectivity index (χ1) is 11.9. The zero-order valence-electron chi connectivity index (χ0n) is 13.9. The topological polar surface area (TPSA) is 44.0 Å². The van der Waals surface area contributed by atoms with Crippen molar-refractivity contribution in [2.75, 3.05) is 19.6 Å². The minimum atomic E-state index is 0.595. The third-order valence-corrected chi connectivity index (χ3v) is 4.75. The lowest BCUT2D eigenvalue weighted by Crippen LogP contribution is -2.33. The molecule has 0 bridgehead atoms. The minimum absolute atomic E-state index is 0.595. The average Bonchev–Trinajstić information content (AvgIpc) is 3.22. The third-order valence-electron chi connectivity index (χ3n) is 4.75. The molecule has 4 rings (SSSR count). The predicted molar refractivity (Wildman–Crippen MR) is 97.9 cm³/mol. The van der Waals surface area contributed by atoms with Crippen molar-refractivity contribution < 1.29 is 0 Å². The molecule has 2 aromatic carbocycles. The lowest BCUT2D eigenvalue weighted by Gasteiger charge is -2.16. The van der Waals surface area contributed by atoms with E-state index in [2.05, 4.69) is 62.6 Å². The van der Waals surface area contributed by atoms with E-state index in [-0.39, 0.29) is 0 Å². The van der Waals surface area contributed by atoms with E-state index >= 15 is 0 Å². The molecule has 1 aromatic heterocycles. The van der Waals surface area contributed by atoms with Crippen molar-refractivity contribution >= 4 is 11.0 Å². The van der Waals surface area contributed by atoms with Gasteiger partial charge in [-0.25, -0.2) is 4.98 Å². The largest absolute Gasteiger partial charge is 0.342 e. The number of hydrogen-bond acceptors (Lipinski definition) is 3. The molecule has 1 saturated heterocycles. The number of imidazole rings is 1. The van der Waals surface area contributed by atoms with Crippen LogP contribution in [0.3, 0.4) is 0 Å². The maximum absolute atomic E-state index is 4.64. The molecule has 1 atom stereocenters. The summed E-state index contributed by atoms with van der Waals surface area (Å²) in [5.41, 5.74) is 3.59. The lowest BCUT2D eigenvalue weighted by molar-refractivity contribution is 0.320. The zero-order valence-corrected chi connectivity index (χ0v) is 13.9. The summed E-state index contributed by atoms with van der Waals surface area (Å²) in [6, 6.07) is 19.5. The Bertz CT molecular complexity index is 747. The van der Waals surface area contributed by atoms with Gasteiger partial charge in [0.1, 0.15) is 5.82 Å². The molecule has 4 nitrogen and oxygen atoms in total. The Balaban J connectivity index is 1.23. The van der Waals surface area contributed by atoms with Crippen molar-refractivity contribution in [3.05, 3.63) is 66.0 Å². The van der Waals surface area contributed by atoms with E-state index in [0.29, 0.717) is 6.04 Å². The van der Waals surface area contributed by atoms with E-state index < -0.39 is 0 Å². The minimum Gasteiger partial charge on any atom is -0.342 e. The van der Waals surface area contributed by atoms with Crippen LogP contribution in [0.5, 0.6) is 0 Å². The smallest absolute Gasteiger partial charge is 0.108 e. The van der Waals surface area contributed by atoms with Crippen LogP contribution >= 0.6 is 0 Å². The molecule has 1 unspecified atom stereocenters. The van der Waals surface area contributed by atoms with E-state index in [1.807, 2.05) is 12.1 Å². The normalized spacial score (nSPS) is 18.4. The molecule has 0 aliphatic carbocycles. The molecule has 1 fully saturated rings. The number of likely N-dealkylation sites (tertiary alicyclic amines) is 1. The van der Waals surface area contributed by atoms with Gasteiger partial charge in [-0.15, -0.1) is 0 Å². The molecule has 2 N–H and O–H groups in total. The van der Waals surface area contributed by atoms with Gasteiger partial charge in [-0.1, -0.05) is 42.5 Å². The Kier molecular flexibility index (Phi) is 4.58. The number of H-pyrrole nitrogens is 1. The van der Waals surface area contributed by atoms with Crippen LogP contribution < -0.4 is 5.32 Å². The first-order valence-electron chi connectivity index (χ1n) is 8.80. The van der Waals surface area contributed by atoms with E-state index in [4.69, 9.17) is 0 Å². The summed E-state index contributed by atoms with van der Waals surface area (Å²) in [4.78, 5) is 10.6. The third kappa shape index (κ3) is 3.66. The van der Waals surface area contributed by atoms with Crippen molar-refractivity contribution in [3.63, 3.8) is 0 Å². The molecule has 2 heterocycles. The molecule has 1 aliphatic heterocycles. The molecule has 124 valence electrons. The second kappa shape index (κ2) is 7.16. The van der Waals surface area contributed by atoms with Crippen LogP contribution in [0.4, 0.5) is 0 Å². The fraction of sp³-hybridized carbons (Fsp3) is 0.350. The van der Waals surface area contributed by atoms with Gasteiger partial charge in [-0.3, -0.25) is 4.90 Å². The van der Waals surface area contributed by atoms with Crippen molar-refractivity contribution in [2.24, 2.45) is 0 Å². The number of aromatic amines is 1. The first kappa shape index (κ1) is 15.4. The van der Waals surface area contributed by atoms with Crippen molar-refractivity contribution in [2.45, 2.75) is 25.4 Å². The number of benzene rings is 2. The number of nitrogens with one attached hydrogen (secondary N) is 2. The molecule has 0 saturated carbocycles. The SMILES string of the molecule is c1ccc(CN2CCC(NCCc3nc4ccccc4[nH]3)C2)cc1. The predicted octanol–water partition coefficient (Wildman–Crippen LogP) is 2.97. The van der Waals surface area contributed by atoms with Crippen LogP contribution in [0.25, 0.3) is 11.0 Å². The van der Waals surface area contributed by atoms with Crippen molar-refractivity contribution in [3.8, 4) is 0 Å². The quantitative estimate of drug-likeness (QED) is 0.734. The van der Waals surface area contributed by atoms with Crippen LogP contribution in [0.1, 0.15) is 17.8 Å². The highest BCUT2D eigenvalue weighted by Crippen LogP contribution is 2.14. The molecule has 0 spiro atoms. The number of aromatic nitrogens is 2. The molecule has 0 amide bonds. The maximum Gasteiger partial charge on any atom is 0.108 e. The highest BCUT2D eigenvalue weighted by molar-refractivity contribution is 5.74. The number of hydrogen-bond donors (Lipinski definition) is 2. The summed E-state index contributed by atoms with van der Waals surface area (Å²) >= 11 is 0. The molecule has 1 aliphatic rings. The van der Waals surface area contributed by atoms with Gasteiger partial charge in [-0.05, 0) is 24.1 Å².